The van der Waals surface area contributed by atoms with Gasteiger partial charge in [-0.3, -0.25) is 9.59 Å². The van der Waals surface area contributed by atoms with Gasteiger partial charge in [-0.1, -0.05) is 29.3 Å². The molecule has 0 saturated heterocycles. The highest BCUT2D eigenvalue weighted by molar-refractivity contribution is 6.42. The van der Waals surface area contributed by atoms with Crippen molar-refractivity contribution in [3.05, 3.63) is 63.6 Å². The highest BCUT2D eigenvalue weighted by atomic mass is 35.5. The molecule has 0 radical (unpaired) electrons. The summed E-state index contributed by atoms with van der Waals surface area (Å²) >= 11 is 11.7. The van der Waals surface area contributed by atoms with Crippen LogP contribution in [0.4, 0.5) is 5.69 Å². The minimum atomic E-state index is -0.967. The quantitative estimate of drug-likeness (QED) is 0.800. The highest BCUT2D eigenvalue weighted by Gasteiger charge is 2.18. The van der Waals surface area contributed by atoms with Gasteiger partial charge in [-0.25, -0.2) is 0 Å². The molecule has 1 atom stereocenters. The molecule has 0 heterocycles. The van der Waals surface area contributed by atoms with E-state index in [4.69, 9.17) is 33.2 Å². The molecule has 0 aliphatic carbocycles. The molecule has 5 nitrogen and oxygen atoms in total. The number of nitrogens with zero attached hydrogens (tertiary/aromatic N) is 1. The maximum Gasteiger partial charge on any atom is 0.311 e. The van der Waals surface area contributed by atoms with Gasteiger partial charge in [-0.05, 0) is 48.9 Å². The van der Waals surface area contributed by atoms with E-state index >= 15 is 0 Å². The van der Waals surface area contributed by atoms with Gasteiger partial charge in [-0.15, -0.1) is 0 Å². The van der Waals surface area contributed by atoms with E-state index in [0.717, 1.165) is 0 Å². The Balaban J connectivity index is 1.89. The summed E-state index contributed by atoms with van der Waals surface area (Å²) in [5.74, 6) is -1.02. The molecular formula is C18H14Cl2N2O3. The first-order chi connectivity index (χ1) is 11.9. The largest absolute Gasteiger partial charge is 0.452 e. The molecule has 2 rings (SSSR count). The number of nitrogens with one attached hydrogen (secondary N) is 1. The third-order valence-electron chi connectivity index (χ3n) is 3.29. The van der Waals surface area contributed by atoms with Gasteiger partial charge in [0, 0.05) is 5.69 Å². The Morgan fingerprint density at radius 3 is 2.44 bits per heavy atom. The predicted molar refractivity (Wildman–Crippen MR) is 95.5 cm³/mol. The lowest BCUT2D eigenvalue weighted by atomic mass is 10.1. The van der Waals surface area contributed by atoms with E-state index in [1.807, 2.05) is 6.07 Å². The number of anilines is 1. The van der Waals surface area contributed by atoms with Gasteiger partial charge in [0.15, 0.2) is 6.10 Å². The average molecular weight is 377 g/mol. The number of carbonyl (C=O) groups is 2. The van der Waals surface area contributed by atoms with E-state index in [0.29, 0.717) is 26.9 Å². The molecule has 2 aromatic rings. The molecule has 0 fully saturated rings. The number of amides is 1. The Hall–Kier alpha value is -2.55. The fourth-order valence-corrected chi connectivity index (χ4v) is 2.30. The minimum absolute atomic E-state index is 0.0224. The Bertz CT molecular complexity index is 829. The molecule has 1 amide bonds. The second-order valence-electron chi connectivity index (χ2n) is 5.24. The molecule has 25 heavy (non-hydrogen) atoms. The fraction of sp³-hybridized carbons (Fsp3) is 0.167. The van der Waals surface area contributed by atoms with E-state index < -0.39 is 18.0 Å². The monoisotopic (exact) mass is 376 g/mol. The van der Waals surface area contributed by atoms with Crippen molar-refractivity contribution in [1.29, 1.82) is 5.26 Å². The van der Waals surface area contributed by atoms with Gasteiger partial charge in [-0.2, -0.15) is 5.26 Å². The smallest absolute Gasteiger partial charge is 0.311 e. The van der Waals surface area contributed by atoms with Gasteiger partial charge >= 0.3 is 5.97 Å². The summed E-state index contributed by atoms with van der Waals surface area (Å²) in [6, 6.07) is 13.2. The normalized spacial score (nSPS) is 11.3. The molecule has 7 heteroatoms. The first-order valence-electron chi connectivity index (χ1n) is 7.33. The number of rotatable bonds is 5. The Morgan fingerprint density at radius 1 is 1.16 bits per heavy atom. The van der Waals surface area contributed by atoms with Crippen molar-refractivity contribution in [2.45, 2.75) is 19.4 Å². The number of esters is 1. The summed E-state index contributed by atoms with van der Waals surface area (Å²) < 4.78 is 5.12. The van der Waals surface area contributed by atoms with Crippen molar-refractivity contribution < 1.29 is 14.3 Å². The van der Waals surface area contributed by atoms with E-state index in [1.54, 1.807) is 42.5 Å². The van der Waals surface area contributed by atoms with Crippen molar-refractivity contribution in [3.8, 4) is 6.07 Å². The van der Waals surface area contributed by atoms with Crippen LogP contribution in [-0.2, 0) is 20.7 Å². The number of halogens is 2. The molecule has 0 saturated carbocycles. The lowest BCUT2D eigenvalue weighted by molar-refractivity contribution is -0.152. The van der Waals surface area contributed by atoms with E-state index in [-0.39, 0.29) is 6.42 Å². The topological polar surface area (TPSA) is 79.2 Å². The predicted octanol–water partition coefficient (Wildman–Crippen LogP) is 3.98. The van der Waals surface area contributed by atoms with Crippen molar-refractivity contribution in [1.82, 2.24) is 0 Å². The molecular weight excluding hydrogens is 363 g/mol. The first-order valence-corrected chi connectivity index (χ1v) is 8.09. The summed E-state index contributed by atoms with van der Waals surface area (Å²) in [5.41, 5.74) is 1.63. The van der Waals surface area contributed by atoms with Crippen LogP contribution in [0.2, 0.25) is 10.0 Å². The van der Waals surface area contributed by atoms with Crippen molar-refractivity contribution in [2.75, 3.05) is 5.32 Å². The number of carbonyl (C=O) groups excluding carboxylic acids is 2. The number of benzene rings is 2. The maximum absolute atomic E-state index is 12.1. The van der Waals surface area contributed by atoms with Crippen molar-refractivity contribution >= 4 is 40.8 Å². The summed E-state index contributed by atoms with van der Waals surface area (Å²) in [6.45, 7) is 1.48. The van der Waals surface area contributed by atoms with Crippen LogP contribution in [0.15, 0.2) is 42.5 Å². The fourth-order valence-electron chi connectivity index (χ4n) is 1.98. The first kappa shape index (κ1) is 18.8. The van der Waals surface area contributed by atoms with Gasteiger partial charge < -0.3 is 10.1 Å². The van der Waals surface area contributed by atoms with Crippen LogP contribution in [0.3, 0.4) is 0 Å². The maximum atomic E-state index is 12.1. The number of ether oxygens (including phenoxy) is 1. The zero-order valence-corrected chi connectivity index (χ0v) is 14.8. The Morgan fingerprint density at radius 2 is 1.84 bits per heavy atom. The third-order valence-corrected chi connectivity index (χ3v) is 4.03. The second-order valence-corrected chi connectivity index (χ2v) is 6.05. The lowest BCUT2D eigenvalue weighted by Crippen LogP contribution is -2.30. The third kappa shape index (κ3) is 5.49. The summed E-state index contributed by atoms with van der Waals surface area (Å²) in [7, 11) is 0. The van der Waals surface area contributed by atoms with Crippen molar-refractivity contribution in [3.63, 3.8) is 0 Å². The molecule has 0 bridgehead atoms. The highest BCUT2D eigenvalue weighted by Crippen LogP contribution is 2.23. The molecule has 1 N–H and O–H groups in total. The van der Waals surface area contributed by atoms with E-state index in [1.165, 1.54) is 6.92 Å². The van der Waals surface area contributed by atoms with Crippen LogP contribution in [0.5, 0.6) is 0 Å². The van der Waals surface area contributed by atoms with Gasteiger partial charge in [0.05, 0.1) is 28.1 Å². The zero-order valence-electron chi connectivity index (χ0n) is 13.3. The van der Waals surface area contributed by atoms with Crippen LogP contribution in [0.25, 0.3) is 0 Å². The molecule has 0 unspecified atom stereocenters. The minimum Gasteiger partial charge on any atom is -0.452 e. The van der Waals surface area contributed by atoms with Crippen LogP contribution >= 0.6 is 23.2 Å². The van der Waals surface area contributed by atoms with E-state index in [9.17, 15) is 9.59 Å². The zero-order chi connectivity index (χ0) is 18.4. The van der Waals surface area contributed by atoms with Gasteiger partial charge in [0.2, 0.25) is 0 Å². The Labute approximate surface area is 155 Å². The Kier molecular flexibility index (Phi) is 6.40. The molecule has 2 aromatic carbocycles. The lowest BCUT2D eigenvalue weighted by Gasteiger charge is -2.13. The summed E-state index contributed by atoms with van der Waals surface area (Å²) in [6.07, 6.45) is -0.989. The van der Waals surface area contributed by atoms with E-state index in [2.05, 4.69) is 5.32 Å². The van der Waals surface area contributed by atoms with Crippen LogP contribution in [0.1, 0.15) is 18.1 Å². The van der Waals surface area contributed by atoms with Gasteiger partial charge in [0.1, 0.15) is 0 Å². The molecule has 0 aliphatic heterocycles. The second kappa shape index (κ2) is 8.52. The standard InChI is InChI=1S/C18H14Cl2N2O3/c1-11(18(24)22-14-5-2-12(10-21)3-6-14)25-17(23)9-13-4-7-15(19)16(20)8-13/h2-8,11H,9H2,1H3,(H,22,24)/t11-/m1/s1. The molecule has 0 aliphatic rings. The molecule has 0 spiro atoms. The average Bonchev–Trinajstić information content (AvgIpc) is 2.58. The van der Waals surface area contributed by atoms with Crippen LogP contribution < -0.4 is 5.32 Å². The molecule has 128 valence electrons. The SMILES string of the molecule is C[C@@H](OC(=O)Cc1ccc(Cl)c(Cl)c1)C(=O)Nc1ccc(C#N)cc1. The van der Waals surface area contributed by atoms with Crippen LogP contribution in [-0.4, -0.2) is 18.0 Å². The number of hydrogen-bond acceptors (Lipinski definition) is 4. The van der Waals surface area contributed by atoms with Gasteiger partial charge in [0.25, 0.3) is 5.91 Å². The van der Waals surface area contributed by atoms with Crippen molar-refractivity contribution in [2.24, 2.45) is 0 Å². The summed E-state index contributed by atoms with van der Waals surface area (Å²) in [4.78, 5) is 24.0. The van der Waals surface area contributed by atoms with Crippen LogP contribution in [0, 0.1) is 11.3 Å². The number of hydrogen-bond donors (Lipinski definition) is 1. The summed E-state index contributed by atoms with van der Waals surface area (Å²) in [5, 5.41) is 12.1. The number of nitriles is 1. The molecule has 0 aromatic heterocycles.